The number of carbonyl (C=O) groups excluding carboxylic acids is 1. The first-order valence-corrected chi connectivity index (χ1v) is 8.13. The molecule has 0 fully saturated rings. The predicted molar refractivity (Wildman–Crippen MR) is 100 cm³/mol. The number of allylic oxidation sites excluding steroid dienone is 1. The molecule has 0 saturated carbocycles. The van der Waals surface area contributed by atoms with Crippen LogP contribution >= 0.6 is 0 Å². The molecule has 2 aromatic carbocycles. The maximum absolute atomic E-state index is 12.9. The smallest absolute Gasteiger partial charge is 0.204 e. The molecule has 4 aromatic rings. The van der Waals surface area contributed by atoms with E-state index in [1.807, 2.05) is 95.5 Å². The van der Waals surface area contributed by atoms with Crippen molar-refractivity contribution in [2.24, 2.45) is 0 Å². The van der Waals surface area contributed by atoms with E-state index < -0.39 is 0 Å². The first kappa shape index (κ1) is 15.1. The fraction of sp³-hybridized carbons (Fsp3) is 0. The molecular formula is C22H16N2O. The van der Waals surface area contributed by atoms with Gasteiger partial charge in [0, 0.05) is 11.8 Å². The molecule has 0 spiro atoms. The van der Waals surface area contributed by atoms with Crippen LogP contribution in [0.25, 0.3) is 23.0 Å². The zero-order chi connectivity index (χ0) is 17.1. The van der Waals surface area contributed by atoms with E-state index in [2.05, 4.69) is 4.98 Å². The van der Waals surface area contributed by atoms with E-state index in [-0.39, 0.29) is 5.78 Å². The van der Waals surface area contributed by atoms with E-state index in [0.29, 0.717) is 11.4 Å². The fourth-order valence-corrected chi connectivity index (χ4v) is 2.84. The Labute approximate surface area is 145 Å². The second kappa shape index (κ2) is 6.57. The molecule has 0 aliphatic heterocycles. The van der Waals surface area contributed by atoms with Gasteiger partial charge in [0.1, 0.15) is 17.0 Å². The lowest BCUT2D eigenvalue weighted by atomic mass is 10.1. The van der Waals surface area contributed by atoms with Gasteiger partial charge in [0.05, 0.1) is 0 Å². The predicted octanol–water partition coefficient (Wildman–Crippen LogP) is 4.90. The number of benzene rings is 2. The molecule has 2 heterocycles. The minimum absolute atomic E-state index is 0.0681. The molecule has 0 saturated heterocycles. The van der Waals surface area contributed by atoms with Gasteiger partial charge >= 0.3 is 0 Å². The summed E-state index contributed by atoms with van der Waals surface area (Å²) >= 11 is 0. The van der Waals surface area contributed by atoms with Crippen LogP contribution in [-0.4, -0.2) is 15.2 Å². The Morgan fingerprint density at radius 1 is 0.840 bits per heavy atom. The molecule has 0 N–H and O–H groups in total. The SMILES string of the molecule is O=C(/C=C/c1ccccc1)c1c(-c2ccccc2)nc2ccccn12. The summed E-state index contributed by atoms with van der Waals surface area (Å²) in [5.74, 6) is -0.0681. The van der Waals surface area contributed by atoms with Crippen LogP contribution in [0.3, 0.4) is 0 Å². The van der Waals surface area contributed by atoms with Crippen LogP contribution in [0.15, 0.2) is 91.1 Å². The molecule has 0 bridgehead atoms. The lowest BCUT2D eigenvalue weighted by Gasteiger charge is -2.02. The molecule has 25 heavy (non-hydrogen) atoms. The van der Waals surface area contributed by atoms with Gasteiger partial charge in [-0.25, -0.2) is 4.98 Å². The van der Waals surface area contributed by atoms with Crippen molar-refractivity contribution in [3.63, 3.8) is 0 Å². The summed E-state index contributed by atoms with van der Waals surface area (Å²) in [5, 5.41) is 0. The summed E-state index contributed by atoms with van der Waals surface area (Å²) < 4.78 is 1.85. The molecule has 0 aliphatic rings. The highest BCUT2D eigenvalue weighted by Crippen LogP contribution is 2.25. The zero-order valence-corrected chi connectivity index (χ0v) is 13.5. The Morgan fingerprint density at radius 2 is 1.52 bits per heavy atom. The summed E-state index contributed by atoms with van der Waals surface area (Å²) in [4.78, 5) is 17.6. The minimum Gasteiger partial charge on any atom is -0.296 e. The van der Waals surface area contributed by atoms with Gasteiger partial charge in [-0.05, 0) is 23.8 Å². The maximum Gasteiger partial charge on any atom is 0.204 e. The molecule has 0 radical (unpaired) electrons. The number of imidazole rings is 1. The maximum atomic E-state index is 12.9. The van der Waals surface area contributed by atoms with Crippen molar-refractivity contribution in [3.05, 3.63) is 102 Å². The van der Waals surface area contributed by atoms with Gasteiger partial charge in [-0.15, -0.1) is 0 Å². The summed E-state index contributed by atoms with van der Waals surface area (Å²) in [7, 11) is 0. The Kier molecular flexibility index (Phi) is 3.97. The standard InChI is InChI=1S/C22H16N2O/c25-19(15-14-17-9-3-1-4-10-17)22-21(18-11-5-2-6-12-18)23-20-13-7-8-16-24(20)22/h1-16H/b15-14+. The molecule has 4 rings (SSSR count). The van der Waals surface area contributed by atoms with Crippen molar-refractivity contribution in [1.29, 1.82) is 0 Å². The molecule has 3 nitrogen and oxygen atoms in total. The van der Waals surface area contributed by atoms with Crippen LogP contribution in [0.4, 0.5) is 0 Å². The third kappa shape index (κ3) is 3.00. The second-order valence-electron chi connectivity index (χ2n) is 5.71. The van der Waals surface area contributed by atoms with Crippen molar-refractivity contribution in [1.82, 2.24) is 9.38 Å². The van der Waals surface area contributed by atoms with Gasteiger partial charge in [-0.3, -0.25) is 9.20 Å². The van der Waals surface area contributed by atoms with Crippen molar-refractivity contribution in [2.45, 2.75) is 0 Å². The molecule has 3 heteroatoms. The van der Waals surface area contributed by atoms with Gasteiger partial charge in [-0.1, -0.05) is 72.8 Å². The van der Waals surface area contributed by atoms with Crippen molar-refractivity contribution in [2.75, 3.05) is 0 Å². The highest BCUT2D eigenvalue weighted by atomic mass is 16.1. The first-order chi connectivity index (χ1) is 12.3. The van der Waals surface area contributed by atoms with Crippen molar-refractivity contribution >= 4 is 17.5 Å². The van der Waals surface area contributed by atoms with Gasteiger partial charge in [-0.2, -0.15) is 0 Å². The highest BCUT2D eigenvalue weighted by Gasteiger charge is 2.18. The Bertz CT molecular complexity index is 1050. The number of hydrogen-bond acceptors (Lipinski definition) is 2. The Hall–Kier alpha value is -3.46. The average Bonchev–Trinajstić information content (AvgIpc) is 3.07. The highest BCUT2D eigenvalue weighted by molar-refractivity contribution is 6.10. The summed E-state index contributed by atoms with van der Waals surface area (Å²) in [6.07, 6.45) is 5.32. The van der Waals surface area contributed by atoms with Crippen LogP contribution in [-0.2, 0) is 0 Å². The van der Waals surface area contributed by atoms with Gasteiger partial charge < -0.3 is 0 Å². The van der Waals surface area contributed by atoms with E-state index in [9.17, 15) is 4.79 Å². The van der Waals surface area contributed by atoms with Crippen LogP contribution in [0.5, 0.6) is 0 Å². The fourth-order valence-electron chi connectivity index (χ4n) is 2.84. The molecule has 120 valence electrons. The largest absolute Gasteiger partial charge is 0.296 e. The van der Waals surface area contributed by atoms with Crippen LogP contribution in [0.1, 0.15) is 16.1 Å². The first-order valence-electron chi connectivity index (χ1n) is 8.13. The number of hydrogen-bond donors (Lipinski definition) is 0. The Balaban J connectivity index is 1.82. The molecule has 0 aliphatic carbocycles. The molecule has 0 unspecified atom stereocenters. The summed E-state index contributed by atoms with van der Waals surface area (Å²) in [6, 6.07) is 25.3. The van der Waals surface area contributed by atoms with E-state index in [4.69, 9.17) is 0 Å². The van der Waals surface area contributed by atoms with Crippen molar-refractivity contribution in [3.8, 4) is 11.3 Å². The third-order valence-corrected chi connectivity index (χ3v) is 4.04. The van der Waals surface area contributed by atoms with Crippen molar-refractivity contribution < 1.29 is 4.79 Å². The summed E-state index contributed by atoms with van der Waals surface area (Å²) in [6.45, 7) is 0. The van der Waals surface area contributed by atoms with Gasteiger partial charge in [0.15, 0.2) is 0 Å². The van der Waals surface area contributed by atoms with Crippen LogP contribution in [0.2, 0.25) is 0 Å². The van der Waals surface area contributed by atoms with E-state index in [1.165, 1.54) is 0 Å². The number of pyridine rings is 1. The number of fused-ring (bicyclic) bond motifs is 1. The molecular weight excluding hydrogens is 308 g/mol. The minimum atomic E-state index is -0.0681. The lowest BCUT2D eigenvalue weighted by molar-refractivity contribution is 0.104. The van der Waals surface area contributed by atoms with Gasteiger partial charge in [0.2, 0.25) is 5.78 Å². The quantitative estimate of drug-likeness (QED) is 0.395. The number of carbonyl (C=O) groups is 1. The van der Waals surface area contributed by atoms with Crippen LogP contribution in [0, 0.1) is 0 Å². The zero-order valence-electron chi connectivity index (χ0n) is 13.5. The molecule has 0 amide bonds. The Morgan fingerprint density at radius 3 is 2.28 bits per heavy atom. The summed E-state index contributed by atoms with van der Waals surface area (Å²) in [5.41, 5.74) is 3.97. The van der Waals surface area contributed by atoms with E-state index in [0.717, 1.165) is 16.8 Å². The number of ketones is 1. The number of rotatable bonds is 4. The monoisotopic (exact) mass is 324 g/mol. The third-order valence-electron chi connectivity index (χ3n) is 4.04. The van der Waals surface area contributed by atoms with E-state index >= 15 is 0 Å². The lowest BCUT2D eigenvalue weighted by Crippen LogP contribution is -2.02. The molecule has 0 atom stereocenters. The van der Waals surface area contributed by atoms with Gasteiger partial charge in [0.25, 0.3) is 0 Å². The van der Waals surface area contributed by atoms with E-state index in [1.54, 1.807) is 6.08 Å². The van der Waals surface area contributed by atoms with Crippen LogP contribution < -0.4 is 0 Å². The normalized spacial score (nSPS) is 11.2. The topological polar surface area (TPSA) is 34.4 Å². The number of nitrogens with zero attached hydrogens (tertiary/aromatic N) is 2. The number of aromatic nitrogens is 2. The average molecular weight is 324 g/mol. The molecule has 2 aromatic heterocycles. The second-order valence-corrected chi connectivity index (χ2v) is 5.71.